The number of anilines is 2. The van der Waals surface area contributed by atoms with Crippen LogP contribution >= 0.6 is 0 Å². The zero-order valence-corrected chi connectivity index (χ0v) is 45.5. The molecule has 0 N–H and O–H groups in total. The summed E-state index contributed by atoms with van der Waals surface area (Å²) in [4.78, 5) is 24.7. The Morgan fingerprint density at radius 2 is 1.42 bits per heavy atom. The average Bonchev–Trinajstić information content (AvgIpc) is 3.94. The Hall–Kier alpha value is -6.89. The number of alkyl halides is 4. The number of fused-ring (bicyclic) bond motifs is 1. The van der Waals surface area contributed by atoms with Crippen LogP contribution < -0.4 is 39.1 Å². The highest BCUT2D eigenvalue weighted by molar-refractivity contribution is 6.99. The van der Waals surface area contributed by atoms with Gasteiger partial charge in [-0.15, -0.1) is 0 Å². The Morgan fingerprint density at radius 3 is 1.99 bits per heavy atom. The highest BCUT2D eigenvalue weighted by Crippen LogP contribution is 2.46. The summed E-state index contributed by atoms with van der Waals surface area (Å²) in [5.74, 6) is 0.286. The third kappa shape index (κ3) is 10.5. The highest BCUT2D eigenvalue weighted by atomic mass is 28.4. The van der Waals surface area contributed by atoms with E-state index in [0.717, 1.165) is 27.9 Å². The van der Waals surface area contributed by atoms with E-state index in [-0.39, 0.29) is 90.9 Å². The van der Waals surface area contributed by atoms with Gasteiger partial charge < -0.3 is 33.2 Å². The summed E-state index contributed by atoms with van der Waals surface area (Å²) in [7, 11) is 1.95. The van der Waals surface area contributed by atoms with Crippen LogP contribution in [0.3, 0.4) is 0 Å². The fraction of sp³-hybridized carbons (Fsp3) is 0.390. The van der Waals surface area contributed by atoms with Gasteiger partial charge in [0.1, 0.15) is 64.8 Å². The smallest absolute Gasteiger partial charge is 0.418 e. The van der Waals surface area contributed by atoms with Crippen LogP contribution in [0.15, 0.2) is 115 Å². The van der Waals surface area contributed by atoms with Crippen LogP contribution in [0.2, 0.25) is 5.04 Å². The third-order valence-corrected chi connectivity index (χ3v) is 20.6. The lowest BCUT2D eigenvalue weighted by Crippen LogP contribution is -2.66. The van der Waals surface area contributed by atoms with Gasteiger partial charge in [-0.2, -0.15) is 23.1 Å². The summed E-state index contributed by atoms with van der Waals surface area (Å²) >= 11 is 0. The van der Waals surface area contributed by atoms with Crippen LogP contribution in [0.1, 0.15) is 68.7 Å². The van der Waals surface area contributed by atoms with E-state index in [1.807, 2.05) is 77.5 Å². The number of likely N-dealkylation sites (N-methyl/N-ethyl adjacent to an activating group) is 1. The van der Waals surface area contributed by atoms with E-state index in [1.54, 1.807) is 38.5 Å². The number of benzene rings is 4. The summed E-state index contributed by atoms with van der Waals surface area (Å²) in [5.41, 5.74) is -2.14. The first-order valence-corrected chi connectivity index (χ1v) is 28.0. The van der Waals surface area contributed by atoms with Crippen molar-refractivity contribution in [3.8, 4) is 34.8 Å². The molecule has 4 aromatic carbocycles. The van der Waals surface area contributed by atoms with Gasteiger partial charge in [0.15, 0.2) is 5.82 Å². The van der Waals surface area contributed by atoms with Crippen LogP contribution in [-0.4, -0.2) is 105 Å². The predicted molar refractivity (Wildman–Crippen MR) is 291 cm³/mol. The molecule has 3 aliphatic heterocycles. The molecule has 18 heteroatoms. The second-order valence-corrected chi connectivity index (χ2v) is 25.7. The van der Waals surface area contributed by atoms with E-state index >= 15 is 22.0 Å². The Balaban J connectivity index is 1.08. The van der Waals surface area contributed by atoms with Gasteiger partial charge in [0, 0.05) is 39.7 Å². The molecule has 0 bridgehead atoms. The van der Waals surface area contributed by atoms with Gasteiger partial charge >= 0.3 is 12.2 Å². The molecular formula is C59H64F5N7O5Si. The fourth-order valence-electron chi connectivity index (χ4n) is 11.6. The first-order valence-electron chi connectivity index (χ1n) is 26.0. The van der Waals surface area contributed by atoms with Crippen LogP contribution in [0.4, 0.5) is 33.6 Å². The molecule has 0 amide bonds. The second-order valence-electron chi connectivity index (χ2n) is 21.4. The van der Waals surface area contributed by atoms with Gasteiger partial charge in [-0.3, -0.25) is 4.90 Å². The van der Waals surface area contributed by atoms with Gasteiger partial charge in [-0.05, 0) is 95.2 Å². The van der Waals surface area contributed by atoms with Gasteiger partial charge in [-0.1, -0.05) is 106 Å². The zero-order chi connectivity index (χ0) is 54.3. The van der Waals surface area contributed by atoms with E-state index in [1.165, 1.54) is 13.0 Å². The fourth-order valence-corrected chi connectivity index (χ4v) is 16.2. The molecule has 0 radical (unpaired) electrons. The van der Waals surface area contributed by atoms with E-state index in [2.05, 4.69) is 59.9 Å². The maximum Gasteiger partial charge on any atom is 0.418 e. The molecule has 10 rings (SSSR count). The minimum atomic E-state index is -5.00. The first kappa shape index (κ1) is 53.5. The molecule has 0 spiro atoms. The van der Waals surface area contributed by atoms with Crippen molar-refractivity contribution in [1.82, 2.24) is 24.8 Å². The molecule has 77 heavy (non-hydrogen) atoms. The molecule has 6 heterocycles. The van der Waals surface area contributed by atoms with Crippen LogP contribution in [0.25, 0.3) is 22.3 Å². The third-order valence-electron chi connectivity index (χ3n) is 15.5. The summed E-state index contributed by atoms with van der Waals surface area (Å²) in [5, 5.41) is 1.97. The molecular weight excluding hydrogens is 1010 g/mol. The molecule has 3 aromatic heterocycles. The van der Waals surface area contributed by atoms with Crippen molar-refractivity contribution in [2.24, 2.45) is 0 Å². The highest BCUT2D eigenvalue weighted by Gasteiger charge is 2.51. The minimum Gasteiger partial charge on any atom is -0.497 e. The van der Waals surface area contributed by atoms with Crippen LogP contribution in [0.5, 0.6) is 23.4 Å². The number of hydrogen-bond donors (Lipinski definition) is 0. The molecule has 0 unspecified atom stereocenters. The molecule has 0 aliphatic carbocycles. The molecule has 12 nitrogen and oxygen atoms in total. The van der Waals surface area contributed by atoms with E-state index in [0.29, 0.717) is 30.9 Å². The van der Waals surface area contributed by atoms with Crippen molar-refractivity contribution >= 4 is 41.2 Å². The van der Waals surface area contributed by atoms with Gasteiger partial charge in [0.25, 0.3) is 8.32 Å². The van der Waals surface area contributed by atoms with Gasteiger partial charge in [0.05, 0.1) is 31.4 Å². The lowest BCUT2D eigenvalue weighted by molar-refractivity contribution is -0.137. The maximum atomic E-state index is 18.1. The van der Waals surface area contributed by atoms with Crippen LogP contribution in [-0.2, 0) is 23.7 Å². The van der Waals surface area contributed by atoms with Gasteiger partial charge in [-0.25, -0.2) is 18.7 Å². The number of pyridine rings is 2. The number of rotatable bonds is 17. The molecule has 2 saturated heterocycles. The van der Waals surface area contributed by atoms with Gasteiger partial charge in [0.2, 0.25) is 5.88 Å². The molecule has 2 fully saturated rings. The van der Waals surface area contributed by atoms with Crippen molar-refractivity contribution in [2.45, 2.75) is 95.4 Å². The Labute approximate surface area is 447 Å². The summed E-state index contributed by atoms with van der Waals surface area (Å²) in [6.07, 6.45) is -3.82. The second kappa shape index (κ2) is 21.5. The molecule has 0 saturated carbocycles. The van der Waals surface area contributed by atoms with Crippen molar-refractivity contribution in [3.05, 3.63) is 143 Å². The average molecular weight is 1070 g/mol. The summed E-state index contributed by atoms with van der Waals surface area (Å²) in [6.45, 7) is 9.64. The zero-order valence-electron chi connectivity index (χ0n) is 44.5. The van der Waals surface area contributed by atoms with Crippen molar-refractivity contribution < 1.29 is 45.3 Å². The number of aromatic nitrogens is 4. The molecule has 3 aliphatic rings. The molecule has 3 atom stereocenters. The number of halogens is 5. The normalized spacial score (nSPS) is 18.7. The van der Waals surface area contributed by atoms with E-state index < -0.39 is 55.0 Å². The number of ether oxygens (including phenoxy) is 4. The number of hydrogen-bond acceptors (Lipinski definition) is 12. The molecule has 7 aromatic rings. The summed E-state index contributed by atoms with van der Waals surface area (Å²) in [6, 6.07) is 35.9. The number of methoxy groups -OCH3 is 2. The monoisotopic (exact) mass is 1070 g/mol. The first-order chi connectivity index (χ1) is 36.9. The van der Waals surface area contributed by atoms with Crippen molar-refractivity contribution in [3.63, 3.8) is 0 Å². The maximum absolute atomic E-state index is 18.1. The van der Waals surface area contributed by atoms with E-state index in [4.69, 9.17) is 33.3 Å². The lowest BCUT2D eigenvalue weighted by Gasteiger charge is -2.43. The Kier molecular flexibility index (Phi) is 14.9. The number of nitrogens with zero attached hydrogens (tertiary/aromatic N) is 7. The minimum absolute atomic E-state index is 0.0214. The standard InChI is InChI=1S/C59H64F5N7O5Si/c1-38-31-47(70(33-39-19-23-43(72-6)24-20-39)34-40-21-25-44(73-7)26-22-40)65-52(49(38)59(62,63)64)53-50(61)51-48-54(68-56(67-51)75-37-58-28-14-29-71(58)35-41(60)32-58)69(5)42(36-74-55(48)66-53)27-30-76-77(57(2,3)4,45-15-10-8-11-16-45)46-17-12-9-13-18-46/h8-13,15-26,31,41-42H,14,27-30,32-37H2,1-7H3/t41-,42+,58+/m1/s1. The Bertz CT molecular complexity index is 3120. The number of aryl methyl sites for hydroxylation is 1. The molecule has 404 valence electrons. The SMILES string of the molecule is COc1ccc(CN(Cc2ccc(OC)cc2)c2cc(C)c(C(F)(F)F)c(-c3nc4c5c(nc(OC[C@@]67CCCN6C[C@H](F)C7)nc5c3F)N(C)[C@@H](CCO[Si](c3ccccc3)(c3ccccc3)C(C)(C)C)CO4)n2)cc1. The van der Waals surface area contributed by atoms with Crippen molar-refractivity contribution in [2.75, 3.05) is 64.0 Å². The largest absolute Gasteiger partial charge is 0.497 e. The quantitative estimate of drug-likeness (QED) is 0.0640. The predicted octanol–water partition coefficient (Wildman–Crippen LogP) is 10.9. The van der Waals surface area contributed by atoms with Crippen molar-refractivity contribution in [1.29, 1.82) is 0 Å². The topological polar surface area (TPSA) is 107 Å². The lowest BCUT2D eigenvalue weighted by atomic mass is 9.95. The summed E-state index contributed by atoms with van der Waals surface area (Å²) < 4.78 is 111. The Morgan fingerprint density at radius 1 is 0.805 bits per heavy atom. The van der Waals surface area contributed by atoms with E-state index in [9.17, 15) is 0 Å². The van der Waals surface area contributed by atoms with Crippen LogP contribution in [0, 0.1) is 12.7 Å².